The maximum absolute atomic E-state index is 2.34. The normalized spacial score (nSPS) is 22.0. The number of para-hydroxylation sites is 1. The third-order valence-electron chi connectivity index (χ3n) is 4.17. The molecule has 1 aromatic heterocycles. The summed E-state index contributed by atoms with van der Waals surface area (Å²) in [7, 11) is 6.49. The summed E-state index contributed by atoms with van der Waals surface area (Å²) in [4.78, 5) is 0. The lowest BCUT2D eigenvalue weighted by Gasteiger charge is -2.38. The van der Waals surface area contributed by atoms with E-state index in [1.807, 2.05) is 0 Å². The predicted molar refractivity (Wildman–Crippen MR) is 70.6 cm³/mol. The van der Waals surface area contributed by atoms with Gasteiger partial charge in [-0.1, -0.05) is 18.2 Å². The van der Waals surface area contributed by atoms with Crippen molar-refractivity contribution in [3.63, 3.8) is 0 Å². The Labute approximate surface area is 102 Å². The van der Waals surface area contributed by atoms with Crippen LogP contribution < -0.4 is 0 Å². The number of fused-ring (bicyclic) bond motifs is 3. The van der Waals surface area contributed by atoms with Crippen molar-refractivity contribution in [3.8, 4) is 0 Å². The Balaban J connectivity index is 2.33. The summed E-state index contributed by atoms with van der Waals surface area (Å²) in [5.41, 5.74) is 4.27. The summed E-state index contributed by atoms with van der Waals surface area (Å²) in [6, 6.07) is 9.14. The Kier molecular flexibility index (Phi) is 2.28. The van der Waals surface area contributed by atoms with Crippen molar-refractivity contribution in [2.75, 3.05) is 14.1 Å². The van der Waals surface area contributed by atoms with Crippen molar-refractivity contribution in [1.82, 2.24) is 14.6 Å². The monoisotopic (exact) mass is 229 g/mol. The SMILES string of the molecule is CC1c2c(n(C)c3ccccc23)CN(C)N1C. The van der Waals surface area contributed by atoms with Gasteiger partial charge >= 0.3 is 0 Å². The van der Waals surface area contributed by atoms with Crippen LogP contribution in [0.5, 0.6) is 0 Å². The highest BCUT2D eigenvalue weighted by Gasteiger charge is 2.29. The highest BCUT2D eigenvalue weighted by Crippen LogP contribution is 2.37. The van der Waals surface area contributed by atoms with Crippen molar-refractivity contribution in [2.24, 2.45) is 7.05 Å². The molecule has 90 valence electrons. The molecule has 0 N–H and O–H groups in total. The number of hydrogen-bond acceptors (Lipinski definition) is 2. The smallest absolute Gasteiger partial charge is 0.0538 e. The van der Waals surface area contributed by atoms with Crippen LogP contribution in [0, 0.1) is 0 Å². The molecule has 3 heteroatoms. The van der Waals surface area contributed by atoms with E-state index in [0.29, 0.717) is 6.04 Å². The molecule has 1 atom stereocenters. The van der Waals surface area contributed by atoms with E-state index in [1.165, 1.54) is 22.2 Å². The number of benzene rings is 1. The third-order valence-corrected chi connectivity index (χ3v) is 4.17. The lowest BCUT2D eigenvalue weighted by molar-refractivity contribution is -0.0313. The first-order valence-corrected chi connectivity index (χ1v) is 6.11. The van der Waals surface area contributed by atoms with Crippen molar-refractivity contribution in [1.29, 1.82) is 0 Å². The zero-order valence-electron chi connectivity index (χ0n) is 10.9. The van der Waals surface area contributed by atoms with Gasteiger partial charge in [0.25, 0.3) is 0 Å². The molecule has 0 aliphatic carbocycles. The maximum atomic E-state index is 2.34. The average molecular weight is 229 g/mol. The van der Waals surface area contributed by atoms with Gasteiger partial charge in [0.2, 0.25) is 0 Å². The van der Waals surface area contributed by atoms with Gasteiger partial charge in [-0.25, -0.2) is 10.0 Å². The summed E-state index contributed by atoms with van der Waals surface area (Å²) in [6.07, 6.45) is 0. The molecule has 0 fully saturated rings. The molecule has 1 aromatic carbocycles. The van der Waals surface area contributed by atoms with E-state index in [4.69, 9.17) is 0 Å². The third kappa shape index (κ3) is 1.36. The highest BCUT2D eigenvalue weighted by atomic mass is 15.6. The summed E-state index contributed by atoms with van der Waals surface area (Å²) in [5.74, 6) is 0. The first-order valence-electron chi connectivity index (χ1n) is 6.11. The van der Waals surface area contributed by atoms with Gasteiger partial charge < -0.3 is 4.57 Å². The van der Waals surface area contributed by atoms with Crippen LogP contribution in [0.25, 0.3) is 10.9 Å². The molecule has 0 radical (unpaired) electrons. The van der Waals surface area contributed by atoms with E-state index in [2.05, 4.69) is 66.9 Å². The van der Waals surface area contributed by atoms with Gasteiger partial charge in [-0.05, 0) is 13.0 Å². The van der Waals surface area contributed by atoms with Crippen LogP contribution >= 0.6 is 0 Å². The molecule has 1 aliphatic heterocycles. The molecule has 0 saturated carbocycles. The van der Waals surface area contributed by atoms with E-state index >= 15 is 0 Å². The van der Waals surface area contributed by atoms with Gasteiger partial charge in [0, 0.05) is 49.3 Å². The van der Waals surface area contributed by atoms with Crippen LogP contribution in [-0.2, 0) is 13.6 Å². The molecule has 3 rings (SSSR count). The minimum absolute atomic E-state index is 0.440. The molecule has 2 aromatic rings. The Morgan fingerprint density at radius 1 is 1.12 bits per heavy atom. The predicted octanol–water partition coefficient (Wildman–Crippen LogP) is 2.53. The zero-order chi connectivity index (χ0) is 12.2. The van der Waals surface area contributed by atoms with Gasteiger partial charge in [-0.2, -0.15) is 0 Å². The van der Waals surface area contributed by atoms with Crippen molar-refractivity contribution in [3.05, 3.63) is 35.5 Å². The van der Waals surface area contributed by atoms with E-state index in [0.717, 1.165) is 6.54 Å². The molecule has 0 spiro atoms. The lowest BCUT2D eigenvalue weighted by atomic mass is 10.0. The molecule has 1 unspecified atom stereocenters. The fourth-order valence-electron chi connectivity index (χ4n) is 2.94. The van der Waals surface area contributed by atoms with Crippen LogP contribution in [0.3, 0.4) is 0 Å². The molecule has 0 bridgehead atoms. The molecular formula is C14H19N3. The van der Waals surface area contributed by atoms with Crippen molar-refractivity contribution < 1.29 is 0 Å². The van der Waals surface area contributed by atoms with Gasteiger partial charge in [0.1, 0.15) is 0 Å². The van der Waals surface area contributed by atoms with Gasteiger partial charge in [0.05, 0.1) is 6.54 Å². The number of nitrogens with zero attached hydrogens (tertiary/aromatic N) is 3. The number of hydrazine groups is 1. The Hall–Kier alpha value is -1.32. The second-order valence-electron chi connectivity index (χ2n) is 5.00. The zero-order valence-corrected chi connectivity index (χ0v) is 10.9. The van der Waals surface area contributed by atoms with Crippen LogP contribution in [0.1, 0.15) is 24.2 Å². The number of aryl methyl sites for hydroxylation is 1. The topological polar surface area (TPSA) is 11.4 Å². The first-order chi connectivity index (χ1) is 8.11. The fourth-order valence-corrected chi connectivity index (χ4v) is 2.94. The first kappa shape index (κ1) is 10.8. The Morgan fingerprint density at radius 3 is 2.59 bits per heavy atom. The van der Waals surface area contributed by atoms with Crippen LogP contribution in [0.2, 0.25) is 0 Å². The molecule has 0 amide bonds. The molecule has 17 heavy (non-hydrogen) atoms. The summed E-state index contributed by atoms with van der Waals surface area (Å²) in [6.45, 7) is 3.27. The van der Waals surface area contributed by atoms with Gasteiger partial charge in [0.15, 0.2) is 0 Å². The minimum Gasteiger partial charge on any atom is -0.346 e. The van der Waals surface area contributed by atoms with Crippen LogP contribution in [0.4, 0.5) is 0 Å². The summed E-state index contributed by atoms with van der Waals surface area (Å²) >= 11 is 0. The molecule has 1 aliphatic rings. The maximum Gasteiger partial charge on any atom is 0.0538 e. The van der Waals surface area contributed by atoms with Gasteiger partial charge in [-0.15, -0.1) is 0 Å². The standard InChI is InChI=1S/C14H19N3/c1-10-14-11-7-5-6-8-12(11)16(3)13(14)9-15(2)17(10)4/h5-8,10H,9H2,1-4H3. The molecule has 2 heterocycles. The summed E-state index contributed by atoms with van der Waals surface area (Å²) in [5, 5.41) is 6.00. The fraction of sp³-hybridized carbons (Fsp3) is 0.429. The minimum atomic E-state index is 0.440. The second kappa shape index (κ2) is 3.59. The van der Waals surface area contributed by atoms with Crippen LogP contribution in [-0.4, -0.2) is 28.7 Å². The Bertz CT molecular complexity index is 570. The highest BCUT2D eigenvalue weighted by molar-refractivity contribution is 5.86. The molecule has 0 saturated heterocycles. The number of aromatic nitrogens is 1. The summed E-state index contributed by atoms with van der Waals surface area (Å²) < 4.78 is 2.34. The second-order valence-corrected chi connectivity index (χ2v) is 5.00. The quantitative estimate of drug-likeness (QED) is 0.688. The van der Waals surface area contributed by atoms with Crippen molar-refractivity contribution >= 4 is 10.9 Å². The Morgan fingerprint density at radius 2 is 1.82 bits per heavy atom. The lowest BCUT2D eigenvalue weighted by Crippen LogP contribution is -2.42. The van der Waals surface area contributed by atoms with Crippen molar-refractivity contribution in [2.45, 2.75) is 19.5 Å². The van der Waals surface area contributed by atoms with Gasteiger partial charge in [-0.3, -0.25) is 0 Å². The molecular weight excluding hydrogens is 210 g/mol. The number of rotatable bonds is 0. The van der Waals surface area contributed by atoms with Crippen LogP contribution in [0.15, 0.2) is 24.3 Å². The average Bonchev–Trinajstić information content (AvgIpc) is 2.61. The van der Waals surface area contributed by atoms with E-state index in [-0.39, 0.29) is 0 Å². The van der Waals surface area contributed by atoms with E-state index < -0.39 is 0 Å². The largest absolute Gasteiger partial charge is 0.346 e. The van der Waals surface area contributed by atoms with E-state index in [1.54, 1.807) is 0 Å². The molecule has 3 nitrogen and oxygen atoms in total. The number of hydrogen-bond donors (Lipinski definition) is 0. The van der Waals surface area contributed by atoms with E-state index in [9.17, 15) is 0 Å².